The molecule has 5 heteroatoms. The topological polar surface area (TPSA) is 45.2 Å². The summed E-state index contributed by atoms with van der Waals surface area (Å²) in [7, 11) is 0. The van der Waals surface area contributed by atoms with E-state index in [-0.39, 0.29) is 5.91 Å². The Bertz CT molecular complexity index is 644. The number of aromatic nitrogens is 1. The molecule has 2 aromatic rings. The number of likely N-dealkylation sites (tertiary alicyclic amines) is 1. The van der Waals surface area contributed by atoms with E-state index in [4.69, 9.17) is 0 Å². The lowest BCUT2D eigenvalue weighted by Crippen LogP contribution is -2.33. The Morgan fingerprint density at radius 2 is 2.05 bits per heavy atom. The van der Waals surface area contributed by atoms with Crippen LogP contribution < -0.4 is 5.32 Å². The molecule has 1 aromatic heterocycles. The van der Waals surface area contributed by atoms with E-state index in [1.807, 2.05) is 6.07 Å². The van der Waals surface area contributed by atoms with Gasteiger partial charge in [0.2, 0.25) is 5.91 Å². The molecule has 118 valence electrons. The van der Waals surface area contributed by atoms with Gasteiger partial charge in [0.05, 0.1) is 16.8 Å². The maximum atomic E-state index is 12.2. The molecule has 0 unspecified atom stereocenters. The van der Waals surface area contributed by atoms with Gasteiger partial charge in [0.1, 0.15) is 0 Å². The number of carbonyl (C=O) groups excluding carboxylic acids is 1. The number of hydrogen-bond donors (Lipinski definition) is 1. The van der Waals surface area contributed by atoms with Crippen LogP contribution in [0.2, 0.25) is 0 Å². The number of fused-ring (bicyclic) bond motifs is 1. The van der Waals surface area contributed by atoms with Gasteiger partial charge < -0.3 is 5.32 Å². The third-order valence-electron chi connectivity index (χ3n) is 4.17. The highest BCUT2D eigenvalue weighted by atomic mass is 32.1. The number of aryl methyl sites for hydroxylation is 1. The highest BCUT2D eigenvalue weighted by Gasteiger charge is 2.14. The summed E-state index contributed by atoms with van der Waals surface area (Å²) in [6, 6.07) is 6.30. The number of hydrogen-bond acceptors (Lipinski definition) is 4. The van der Waals surface area contributed by atoms with E-state index in [1.165, 1.54) is 31.2 Å². The Balaban J connectivity index is 1.63. The summed E-state index contributed by atoms with van der Waals surface area (Å²) in [5.74, 6) is 0.0525. The number of nitrogens with zero attached hydrogens (tertiary/aromatic N) is 2. The molecule has 0 radical (unpaired) electrons. The molecule has 1 fully saturated rings. The van der Waals surface area contributed by atoms with Gasteiger partial charge in [0.25, 0.3) is 0 Å². The van der Waals surface area contributed by atoms with Crippen LogP contribution in [0.25, 0.3) is 10.2 Å². The van der Waals surface area contributed by atoms with Crippen molar-refractivity contribution in [2.45, 2.75) is 39.0 Å². The van der Waals surface area contributed by atoms with Gasteiger partial charge >= 0.3 is 0 Å². The SMILES string of the molecule is CCc1ccc2nc(NC(=O)CN3CCCCCC3)sc2c1. The second kappa shape index (κ2) is 7.20. The van der Waals surface area contributed by atoms with Crippen LogP contribution in [0.4, 0.5) is 5.13 Å². The number of benzene rings is 1. The molecule has 0 bridgehead atoms. The van der Waals surface area contributed by atoms with E-state index < -0.39 is 0 Å². The Hall–Kier alpha value is -1.46. The lowest BCUT2D eigenvalue weighted by Gasteiger charge is -2.18. The van der Waals surface area contributed by atoms with Gasteiger partial charge in [-0.15, -0.1) is 0 Å². The summed E-state index contributed by atoms with van der Waals surface area (Å²) in [5.41, 5.74) is 2.27. The molecule has 1 N–H and O–H groups in total. The molecule has 1 aliphatic heterocycles. The zero-order valence-electron chi connectivity index (χ0n) is 13.1. The number of nitrogens with one attached hydrogen (secondary N) is 1. The molecule has 1 aliphatic rings. The minimum absolute atomic E-state index is 0.0525. The van der Waals surface area contributed by atoms with Gasteiger partial charge in [-0.3, -0.25) is 9.69 Å². The Morgan fingerprint density at radius 3 is 2.77 bits per heavy atom. The Labute approximate surface area is 135 Å². The maximum Gasteiger partial charge on any atom is 0.240 e. The first-order valence-corrected chi connectivity index (χ1v) is 8.98. The molecule has 0 spiro atoms. The van der Waals surface area contributed by atoms with Crippen LogP contribution in [0, 0.1) is 0 Å². The second-order valence-corrected chi connectivity index (χ2v) is 6.94. The van der Waals surface area contributed by atoms with Gasteiger partial charge in [0, 0.05) is 0 Å². The molecule has 1 saturated heterocycles. The molecule has 1 aromatic carbocycles. The minimum atomic E-state index is 0.0525. The van der Waals surface area contributed by atoms with Crippen LogP contribution in [-0.4, -0.2) is 35.4 Å². The molecular weight excluding hydrogens is 294 g/mol. The van der Waals surface area contributed by atoms with Crippen LogP contribution in [0.15, 0.2) is 18.2 Å². The molecule has 0 atom stereocenters. The van der Waals surface area contributed by atoms with Crippen LogP contribution in [0.1, 0.15) is 38.2 Å². The van der Waals surface area contributed by atoms with Crippen molar-refractivity contribution >= 4 is 32.6 Å². The molecule has 2 heterocycles. The van der Waals surface area contributed by atoms with Gasteiger partial charge in [0.15, 0.2) is 5.13 Å². The summed E-state index contributed by atoms with van der Waals surface area (Å²) < 4.78 is 1.14. The number of anilines is 1. The summed E-state index contributed by atoms with van der Waals surface area (Å²) >= 11 is 1.56. The summed E-state index contributed by atoms with van der Waals surface area (Å²) in [6.07, 6.45) is 6.00. The molecule has 4 nitrogen and oxygen atoms in total. The lowest BCUT2D eigenvalue weighted by molar-refractivity contribution is -0.117. The summed E-state index contributed by atoms with van der Waals surface area (Å²) in [6.45, 7) is 4.70. The van der Waals surface area contributed by atoms with Crippen molar-refractivity contribution in [3.05, 3.63) is 23.8 Å². The molecule has 0 saturated carbocycles. The number of amides is 1. The molecule has 22 heavy (non-hydrogen) atoms. The van der Waals surface area contributed by atoms with E-state index >= 15 is 0 Å². The predicted octanol–water partition coefficient (Wildman–Crippen LogP) is 3.67. The smallest absolute Gasteiger partial charge is 0.240 e. The fraction of sp³-hybridized carbons (Fsp3) is 0.529. The highest BCUT2D eigenvalue weighted by Crippen LogP contribution is 2.27. The number of thiazole rings is 1. The monoisotopic (exact) mass is 317 g/mol. The van der Waals surface area contributed by atoms with Crippen molar-refractivity contribution in [1.82, 2.24) is 9.88 Å². The fourth-order valence-electron chi connectivity index (χ4n) is 2.90. The van der Waals surface area contributed by atoms with Crippen LogP contribution in [0.3, 0.4) is 0 Å². The van der Waals surface area contributed by atoms with E-state index in [0.29, 0.717) is 11.7 Å². The Morgan fingerprint density at radius 1 is 1.27 bits per heavy atom. The summed E-state index contributed by atoms with van der Waals surface area (Å²) in [5, 5.41) is 3.67. The summed E-state index contributed by atoms with van der Waals surface area (Å²) in [4.78, 5) is 19.0. The van der Waals surface area contributed by atoms with Crippen molar-refractivity contribution in [1.29, 1.82) is 0 Å². The normalized spacial score (nSPS) is 16.6. The first kappa shape index (κ1) is 15.4. The van der Waals surface area contributed by atoms with Gasteiger partial charge in [-0.25, -0.2) is 4.98 Å². The number of carbonyl (C=O) groups is 1. The maximum absolute atomic E-state index is 12.2. The van der Waals surface area contributed by atoms with E-state index in [1.54, 1.807) is 11.3 Å². The van der Waals surface area contributed by atoms with Gasteiger partial charge in [-0.1, -0.05) is 37.2 Å². The second-order valence-electron chi connectivity index (χ2n) is 5.91. The Kier molecular flexibility index (Phi) is 5.05. The number of rotatable bonds is 4. The third kappa shape index (κ3) is 3.84. The quantitative estimate of drug-likeness (QED) is 0.936. The molecular formula is C17H23N3OS. The largest absolute Gasteiger partial charge is 0.301 e. The fourth-order valence-corrected chi connectivity index (χ4v) is 3.84. The lowest BCUT2D eigenvalue weighted by atomic mass is 10.2. The third-order valence-corrected chi connectivity index (χ3v) is 5.11. The average molecular weight is 317 g/mol. The van der Waals surface area contributed by atoms with Gasteiger partial charge in [-0.05, 0) is 50.0 Å². The van der Waals surface area contributed by atoms with E-state index in [9.17, 15) is 4.79 Å². The van der Waals surface area contributed by atoms with E-state index in [2.05, 4.69) is 34.3 Å². The van der Waals surface area contributed by atoms with Gasteiger partial charge in [-0.2, -0.15) is 0 Å². The molecule has 1 amide bonds. The van der Waals surface area contributed by atoms with Crippen molar-refractivity contribution in [2.24, 2.45) is 0 Å². The standard InChI is InChI=1S/C17H23N3OS/c1-2-13-7-8-14-15(11-13)22-17(18-14)19-16(21)12-20-9-5-3-4-6-10-20/h7-8,11H,2-6,9-10,12H2,1H3,(H,18,19,21). The minimum Gasteiger partial charge on any atom is -0.301 e. The molecule has 3 rings (SSSR count). The highest BCUT2D eigenvalue weighted by molar-refractivity contribution is 7.22. The molecule has 0 aliphatic carbocycles. The van der Waals surface area contributed by atoms with Crippen LogP contribution >= 0.6 is 11.3 Å². The zero-order chi connectivity index (χ0) is 15.4. The van der Waals surface area contributed by atoms with Crippen LogP contribution in [-0.2, 0) is 11.2 Å². The first-order valence-electron chi connectivity index (χ1n) is 8.16. The first-order chi connectivity index (χ1) is 10.7. The van der Waals surface area contributed by atoms with Crippen molar-refractivity contribution in [2.75, 3.05) is 25.0 Å². The van der Waals surface area contributed by atoms with E-state index in [0.717, 1.165) is 29.7 Å². The zero-order valence-corrected chi connectivity index (χ0v) is 13.9. The van der Waals surface area contributed by atoms with Crippen molar-refractivity contribution < 1.29 is 4.79 Å². The van der Waals surface area contributed by atoms with Crippen molar-refractivity contribution in [3.8, 4) is 0 Å². The predicted molar refractivity (Wildman–Crippen MR) is 92.5 cm³/mol. The van der Waals surface area contributed by atoms with Crippen LogP contribution in [0.5, 0.6) is 0 Å². The van der Waals surface area contributed by atoms with Crippen molar-refractivity contribution in [3.63, 3.8) is 0 Å². The average Bonchev–Trinajstić information content (AvgIpc) is 2.72.